The second kappa shape index (κ2) is 17.3. The summed E-state index contributed by atoms with van der Waals surface area (Å²) in [4.78, 5) is 97.4. The number of aromatic nitrogens is 2. The van der Waals surface area contributed by atoms with Gasteiger partial charge in [0.2, 0.25) is 0 Å². The minimum absolute atomic E-state index is 0.145. The molecule has 0 unspecified atom stereocenters. The number of likely N-dealkylation sites (tertiary alicyclic amines) is 2. The number of nitrogens with one attached hydrogen (secondary N) is 1. The van der Waals surface area contributed by atoms with E-state index in [-0.39, 0.29) is 48.7 Å². The summed E-state index contributed by atoms with van der Waals surface area (Å²) < 4.78 is 11.4. The van der Waals surface area contributed by atoms with E-state index in [1.807, 2.05) is 0 Å². The Morgan fingerprint density at radius 1 is 0.754 bits per heavy atom. The summed E-state index contributed by atoms with van der Waals surface area (Å²) in [6.07, 6.45) is -0.146. The Kier molecular flexibility index (Phi) is 13.1. The van der Waals surface area contributed by atoms with Gasteiger partial charge in [-0.05, 0) is 72.4 Å². The molecule has 0 aliphatic carbocycles. The quantitative estimate of drug-likeness (QED) is 0.188. The molecule has 5 amide bonds. The normalized spacial score (nSPS) is 19.6. The predicted octanol–water partition coefficient (Wildman–Crippen LogP) is 5.99. The molecule has 0 saturated carbocycles. The van der Waals surface area contributed by atoms with Gasteiger partial charge in [0, 0.05) is 68.6 Å². The number of rotatable bonds is 10. The highest BCUT2D eigenvalue weighted by molar-refractivity contribution is 7.10. The molecule has 16 nitrogen and oxygen atoms in total. The molecule has 0 spiro atoms. The molecule has 0 bridgehead atoms. The summed E-state index contributed by atoms with van der Waals surface area (Å²) in [7, 11) is 6.14. The van der Waals surface area contributed by atoms with E-state index in [0.29, 0.717) is 39.7 Å². The zero-order valence-electron chi connectivity index (χ0n) is 34.0. The number of hydroxylamine groups is 2. The van der Waals surface area contributed by atoms with Crippen molar-refractivity contribution in [3.8, 4) is 0 Å². The molecular weight excluding hydrogens is 775 g/mol. The first-order valence-electron chi connectivity index (χ1n) is 18.5. The Hall–Kier alpha value is -4.94. The molecule has 2 aliphatic heterocycles. The average Bonchev–Trinajstić information content (AvgIpc) is 3.95. The summed E-state index contributed by atoms with van der Waals surface area (Å²) in [5, 5.41) is 8.45. The molecule has 1 aromatic carbocycles. The van der Waals surface area contributed by atoms with Crippen molar-refractivity contribution >= 4 is 58.4 Å². The van der Waals surface area contributed by atoms with Gasteiger partial charge in [0.25, 0.3) is 17.7 Å². The number of ketones is 1. The lowest BCUT2D eigenvalue weighted by molar-refractivity contribution is -0.0760. The highest BCUT2D eigenvalue weighted by atomic mass is 32.1. The average molecular weight is 826 g/mol. The van der Waals surface area contributed by atoms with Gasteiger partial charge in [0.05, 0.1) is 19.2 Å². The molecule has 2 aliphatic rings. The molecule has 18 heteroatoms. The summed E-state index contributed by atoms with van der Waals surface area (Å²) in [6, 6.07) is 4.89. The van der Waals surface area contributed by atoms with Gasteiger partial charge in [-0.2, -0.15) is 0 Å². The van der Waals surface area contributed by atoms with E-state index in [1.54, 1.807) is 95.6 Å². The lowest BCUT2D eigenvalue weighted by Crippen LogP contribution is -2.40. The van der Waals surface area contributed by atoms with Crippen LogP contribution in [0.3, 0.4) is 0 Å². The van der Waals surface area contributed by atoms with Crippen molar-refractivity contribution in [3.63, 3.8) is 0 Å². The number of amides is 5. The Balaban J connectivity index is 1.25. The fourth-order valence-electron chi connectivity index (χ4n) is 6.53. The van der Waals surface area contributed by atoms with E-state index in [9.17, 15) is 28.8 Å². The monoisotopic (exact) mass is 825 g/mol. The molecule has 308 valence electrons. The number of benzene rings is 1. The number of hydrogen-bond acceptors (Lipinski definition) is 13. The van der Waals surface area contributed by atoms with E-state index in [2.05, 4.69) is 15.3 Å². The van der Waals surface area contributed by atoms with Crippen LogP contribution in [-0.2, 0) is 14.3 Å². The summed E-state index contributed by atoms with van der Waals surface area (Å²) >= 11 is 2.52. The number of Topliss-reactive ketones (excluding diaryl/α,β-unsaturated/α-hetero) is 1. The van der Waals surface area contributed by atoms with Gasteiger partial charge in [-0.1, -0.05) is 12.1 Å². The second-order valence-electron chi connectivity index (χ2n) is 16.3. The van der Waals surface area contributed by atoms with E-state index in [1.165, 1.54) is 46.6 Å². The highest BCUT2D eigenvalue weighted by Crippen LogP contribution is 2.40. The third-order valence-electron chi connectivity index (χ3n) is 9.24. The van der Waals surface area contributed by atoms with Gasteiger partial charge in [-0.15, -0.1) is 22.7 Å². The number of hydrogen-bond donors (Lipinski definition) is 1. The number of carbonyl (C=O) groups is 6. The third-order valence-corrected chi connectivity index (χ3v) is 11.1. The van der Waals surface area contributed by atoms with Gasteiger partial charge in [0.15, 0.2) is 5.78 Å². The summed E-state index contributed by atoms with van der Waals surface area (Å²) in [5.41, 5.74) is -0.291. The summed E-state index contributed by atoms with van der Waals surface area (Å²) in [5.74, 6) is -1.42. The van der Waals surface area contributed by atoms with Crippen LogP contribution in [0.5, 0.6) is 0 Å². The molecule has 1 N–H and O–H groups in total. The molecule has 2 aromatic heterocycles. The number of carbonyl (C=O) groups excluding carboxylic acids is 6. The van der Waals surface area contributed by atoms with Crippen molar-refractivity contribution in [1.29, 1.82) is 0 Å². The van der Waals surface area contributed by atoms with Crippen LogP contribution in [-0.4, -0.2) is 124 Å². The lowest BCUT2D eigenvalue weighted by Gasteiger charge is -2.27. The van der Waals surface area contributed by atoms with Crippen LogP contribution >= 0.6 is 22.7 Å². The van der Waals surface area contributed by atoms with Crippen molar-refractivity contribution in [2.24, 2.45) is 5.92 Å². The standard InChI is InChI=1S/C39H51N7O9S2/c1-38(2,3)54-36(51)45-18-22(15-28(45)32-41-26(20-56-32)34(49)43(7)8)16-30(47)23-11-13-24(14-12-23)31(48)40-25-17-29(46(19-25)37(52)55-39(4,5)6)33-42-27(21-57-33)35(50)44(9)53-10/h11-14,20-22,25,28-29H,15-19H2,1-10H3,(H,40,48)/t22-,25+,28+,29+/m1/s1. The molecule has 2 fully saturated rings. The van der Waals surface area contributed by atoms with Crippen LogP contribution in [0.2, 0.25) is 0 Å². The fourth-order valence-corrected chi connectivity index (χ4v) is 8.37. The molecule has 4 atom stereocenters. The molecule has 5 rings (SSSR count). The van der Waals surface area contributed by atoms with E-state index in [4.69, 9.17) is 14.3 Å². The maximum Gasteiger partial charge on any atom is 0.410 e. The number of thiazole rings is 2. The molecule has 3 aromatic rings. The summed E-state index contributed by atoms with van der Waals surface area (Å²) in [6.45, 7) is 11.1. The van der Waals surface area contributed by atoms with E-state index >= 15 is 0 Å². The SMILES string of the molecule is CON(C)C(=O)c1csc([C@@H]2C[C@H](NC(=O)c3ccc(C(=O)C[C@H]4C[C@@H](c5nc(C(=O)N(C)C)cs5)N(C(=O)OC(C)(C)C)C4)cc3)CN2C(=O)OC(C)(C)C)n1. The van der Waals surface area contributed by atoms with Crippen LogP contribution in [0.1, 0.15) is 125 Å². The van der Waals surface area contributed by atoms with Gasteiger partial charge >= 0.3 is 12.2 Å². The molecule has 0 radical (unpaired) electrons. The van der Waals surface area contributed by atoms with E-state index in [0.717, 1.165) is 5.06 Å². The second-order valence-corrected chi connectivity index (χ2v) is 18.1. The van der Waals surface area contributed by atoms with Crippen LogP contribution in [0.4, 0.5) is 9.59 Å². The minimum Gasteiger partial charge on any atom is -0.444 e. The van der Waals surface area contributed by atoms with Gasteiger partial charge in [-0.25, -0.2) is 24.6 Å². The zero-order valence-corrected chi connectivity index (χ0v) is 35.6. The lowest BCUT2D eigenvalue weighted by atomic mass is 9.95. The van der Waals surface area contributed by atoms with Crippen molar-refractivity contribution in [2.75, 3.05) is 41.3 Å². The smallest absolute Gasteiger partial charge is 0.410 e. The Labute approximate surface area is 340 Å². The maximum absolute atomic E-state index is 13.6. The number of nitrogens with zero attached hydrogens (tertiary/aromatic N) is 6. The molecule has 2 saturated heterocycles. The predicted molar refractivity (Wildman–Crippen MR) is 212 cm³/mol. The van der Waals surface area contributed by atoms with Crippen LogP contribution in [0.25, 0.3) is 0 Å². The van der Waals surface area contributed by atoms with Gasteiger partial charge in [-0.3, -0.25) is 33.8 Å². The minimum atomic E-state index is -0.761. The Morgan fingerprint density at radius 3 is 1.75 bits per heavy atom. The molecule has 4 heterocycles. The third kappa shape index (κ3) is 10.7. The zero-order chi connectivity index (χ0) is 42.0. The Morgan fingerprint density at radius 2 is 1.25 bits per heavy atom. The topological polar surface area (TPSA) is 181 Å². The Bertz CT molecular complexity index is 1980. The van der Waals surface area contributed by atoms with Crippen LogP contribution in [0.15, 0.2) is 35.0 Å². The van der Waals surface area contributed by atoms with Crippen molar-refractivity contribution in [3.05, 3.63) is 67.6 Å². The van der Waals surface area contributed by atoms with Gasteiger partial charge in [0.1, 0.15) is 32.6 Å². The first-order valence-corrected chi connectivity index (χ1v) is 20.3. The fraction of sp³-hybridized carbons (Fsp3) is 0.538. The van der Waals surface area contributed by atoms with Gasteiger partial charge < -0.3 is 19.7 Å². The first-order chi connectivity index (χ1) is 26.6. The molecular formula is C39H51N7O9S2. The van der Waals surface area contributed by atoms with Crippen molar-refractivity contribution < 1.29 is 43.1 Å². The largest absolute Gasteiger partial charge is 0.444 e. The number of ether oxygens (including phenoxy) is 2. The molecule has 57 heavy (non-hydrogen) atoms. The maximum atomic E-state index is 13.6. The first kappa shape index (κ1) is 43.2. The van der Waals surface area contributed by atoms with Crippen molar-refractivity contribution in [2.45, 2.75) is 90.1 Å². The van der Waals surface area contributed by atoms with Crippen molar-refractivity contribution in [1.82, 2.24) is 35.0 Å². The van der Waals surface area contributed by atoms with E-state index < -0.39 is 47.4 Å². The highest BCUT2D eigenvalue weighted by Gasteiger charge is 2.42. The van der Waals surface area contributed by atoms with Crippen LogP contribution in [0, 0.1) is 5.92 Å². The van der Waals surface area contributed by atoms with Crippen LogP contribution < -0.4 is 5.32 Å².